The van der Waals surface area contributed by atoms with Gasteiger partial charge in [0.1, 0.15) is 5.82 Å². The molecule has 0 spiro atoms. The number of aryl methyl sites for hydroxylation is 1. The zero-order chi connectivity index (χ0) is 30.6. The number of halogens is 2. The smallest absolute Gasteiger partial charge is 0.271 e. The number of nitrogens with zero attached hydrogens (tertiary/aromatic N) is 7. The lowest BCUT2D eigenvalue weighted by atomic mass is 10.2. The van der Waals surface area contributed by atoms with Crippen LogP contribution in [0.25, 0.3) is 17.4 Å². The van der Waals surface area contributed by atoms with Crippen molar-refractivity contribution in [2.24, 2.45) is 4.99 Å². The van der Waals surface area contributed by atoms with Crippen LogP contribution in [0.3, 0.4) is 0 Å². The summed E-state index contributed by atoms with van der Waals surface area (Å²) in [5.74, 6) is 0.623. The summed E-state index contributed by atoms with van der Waals surface area (Å²) >= 11 is 11.9. The Labute approximate surface area is 258 Å². The lowest BCUT2D eigenvalue weighted by Gasteiger charge is -2.06. The Morgan fingerprint density at radius 2 is 1.64 bits per heavy atom. The Kier molecular flexibility index (Phi) is 8.00. The lowest BCUT2D eigenvalue weighted by Crippen LogP contribution is -2.13. The topological polar surface area (TPSA) is 150 Å². The van der Waals surface area contributed by atoms with E-state index in [1.165, 1.54) is 6.20 Å². The molecular weight excluding hydrogens is 603 g/mol. The molecule has 5 aromatic heterocycles. The average molecular weight is 625 g/mol. The van der Waals surface area contributed by atoms with Gasteiger partial charge in [-0.2, -0.15) is 10.2 Å². The molecule has 5 heterocycles. The van der Waals surface area contributed by atoms with Crippen LogP contribution in [0.5, 0.6) is 0 Å². The van der Waals surface area contributed by atoms with Gasteiger partial charge < -0.3 is 10.4 Å². The highest BCUT2D eigenvalue weighted by Crippen LogP contribution is 2.20. The van der Waals surface area contributed by atoms with E-state index >= 15 is 0 Å². The van der Waals surface area contributed by atoms with E-state index in [2.05, 4.69) is 40.7 Å². The van der Waals surface area contributed by atoms with Gasteiger partial charge in [0, 0.05) is 45.1 Å². The number of fused-ring (bicyclic) bond motifs is 2. The van der Waals surface area contributed by atoms with E-state index in [0.29, 0.717) is 49.5 Å². The molecule has 0 fully saturated rings. The second-order valence-electron chi connectivity index (χ2n) is 9.44. The first kappa shape index (κ1) is 28.5. The number of carbonyl (C=O) groups excluding carboxylic acids is 1. The first-order valence-electron chi connectivity index (χ1n) is 13.1. The number of H-pyrrole nitrogens is 2. The van der Waals surface area contributed by atoms with Gasteiger partial charge in [0.05, 0.1) is 29.2 Å². The predicted molar refractivity (Wildman–Crippen MR) is 168 cm³/mol. The summed E-state index contributed by atoms with van der Waals surface area (Å²) in [6.45, 7) is 1.82. The number of rotatable bonds is 5. The van der Waals surface area contributed by atoms with E-state index in [4.69, 9.17) is 23.2 Å². The number of nitrogens with one attached hydrogen (secondary N) is 3. The largest absolute Gasteiger partial charge is 0.340 e. The summed E-state index contributed by atoms with van der Waals surface area (Å²) in [7, 11) is 0. The highest BCUT2D eigenvalue weighted by molar-refractivity contribution is 6.31. The summed E-state index contributed by atoms with van der Waals surface area (Å²) < 4.78 is 3.19. The molecule has 12 nitrogen and oxygen atoms in total. The summed E-state index contributed by atoms with van der Waals surface area (Å²) in [6, 6.07) is 18.1. The molecule has 0 atom stereocenters. The minimum absolute atomic E-state index is 0.184. The molecule has 0 saturated carbocycles. The summed E-state index contributed by atoms with van der Waals surface area (Å²) in [5, 5.41) is 18.8. The van der Waals surface area contributed by atoms with Crippen LogP contribution >= 0.6 is 23.2 Å². The minimum atomic E-state index is -0.184. The molecule has 0 bridgehead atoms. The summed E-state index contributed by atoms with van der Waals surface area (Å²) in [4.78, 5) is 36.1. The number of hydrogen-bond acceptors (Lipinski definition) is 8. The zero-order valence-corrected chi connectivity index (χ0v) is 24.5. The number of anilines is 2. The molecular formula is C30H22Cl2N10O2. The van der Waals surface area contributed by atoms with Gasteiger partial charge in [-0.1, -0.05) is 35.3 Å². The van der Waals surface area contributed by atoms with E-state index in [0.717, 1.165) is 22.9 Å². The van der Waals surface area contributed by atoms with Crippen molar-refractivity contribution in [1.29, 1.82) is 0 Å². The Hall–Kier alpha value is -5.59. The van der Waals surface area contributed by atoms with E-state index in [-0.39, 0.29) is 5.56 Å². The van der Waals surface area contributed by atoms with Crippen molar-refractivity contribution in [3.8, 4) is 0 Å². The Morgan fingerprint density at radius 3 is 2.39 bits per heavy atom. The van der Waals surface area contributed by atoms with Crippen LogP contribution in [0.4, 0.5) is 17.2 Å². The Bertz CT molecular complexity index is 2320. The maximum atomic E-state index is 11.8. The number of carbonyl (C=O) groups is 1. The van der Waals surface area contributed by atoms with Crippen molar-refractivity contribution in [2.45, 2.75) is 6.92 Å². The quantitative estimate of drug-likeness (QED) is 0.240. The molecule has 0 radical (unpaired) electrons. The van der Waals surface area contributed by atoms with Gasteiger partial charge in [0.2, 0.25) is 0 Å². The van der Waals surface area contributed by atoms with Gasteiger partial charge in [-0.05, 0) is 55.5 Å². The van der Waals surface area contributed by atoms with Crippen molar-refractivity contribution >= 4 is 64.1 Å². The fourth-order valence-corrected chi connectivity index (χ4v) is 4.63. The van der Waals surface area contributed by atoms with Crippen LogP contribution in [-0.4, -0.2) is 45.7 Å². The predicted octanol–water partition coefficient (Wildman–Crippen LogP) is 4.43. The molecule has 3 N–H and O–H groups in total. The number of benzene rings is 2. The van der Waals surface area contributed by atoms with Gasteiger partial charge in [0.15, 0.2) is 23.1 Å². The van der Waals surface area contributed by atoms with Crippen LogP contribution in [0.15, 0.2) is 95.2 Å². The number of aromatic amines is 2. The van der Waals surface area contributed by atoms with E-state index in [9.17, 15) is 9.59 Å². The van der Waals surface area contributed by atoms with Gasteiger partial charge >= 0.3 is 0 Å². The van der Waals surface area contributed by atoms with E-state index in [1.54, 1.807) is 70.1 Å². The number of aromatic nitrogens is 8. The van der Waals surface area contributed by atoms with Crippen LogP contribution in [-0.2, 0) is 0 Å². The third-order valence-corrected chi connectivity index (χ3v) is 6.84. The molecule has 0 amide bonds. The Balaban J connectivity index is 0.000000162. The van der Waals surface area contributed by atoms with Crippen LogP contribution in [0.1, 0.15) is 21.6 Å². The first-order chi connectivity index (χ1) is 21.4. The van der Waals surface area contributed by atoms with Crippen molar-refractivity contribution < 1.29 is 4.79 Å². The maximum Gasteiger partial charge on any atom is 0.271 e. The normalized spacial score (nSPS) is 12.0. The summed E-state index contributed by atoms with van der Waals surface area (Å²) in [6.07, 6.45) is 9.15. The molecule has 0 aliphatic heterocycles. The van der Waals surface area contributed by atoms with Crippen molar-refractivity contribution in [1.82, 2.24) is 39.4 Å². The van der Waals surface area contributed by atoms with Crippen LogP contribution in [0, 0.1) is 6.92 Å². The standard InChI is InChI=1S/C17H13ClN6O.C13H9ClN4O/c1-10-14(17(25)23-22-10)7-11-9-19-24-6-5-15(21-16(11)24)20-13-4-2-3-12(18)8-13;14-10-2-1-3-11(6-10)16-12-4-5-18-13(17-12)9(8-19)7-15-18/h2-9H,1H3,(H2,22,23,25);1-8H,(H,16,17). The van der Waals surface area contributed by atoms with Gasteiger partial charge in [-0.25, -0.2) is 24.0 Å². The molecule has 7 aromatic rings. The molecule has 44 heavy (non-hydrogen) atoms. The van der Waals surface area contributed by atoms with Crippen LogP contribution in [0.2, 0.25) is 10.0 Å². The Morgan fingerprint density at radius 1 is 0.886 bits per heavy atom. The second kappa shape index (κ2) is 12.3. The molecule has 218 valence electrons. The third-order valence-electron chi connectivity index (χ3n) is 6.37. The highest BCUT2D eigenvalue weighted by atomic mass is 35.5. The maximum absolute atomic E-state index is 11.8. The first-order valence-corrected chi connectivity index (χ1v) is 13.9. The zero-order valence-electron chi connectivity index (χ0n) is 22.9. The molecule has 0 aliphatic carbocycles. The highest BCUT2D eigenvalue weighted by Gasteiger charge is 2.07. The molecule has 0 saturated heterocycles. The molecule has 0 aliphatic rings. The monoisotopic (exact) mass is 624 g/mol. The minimum Gasteiger partial charge on any atom is -0.340 e. The fraction of sp³-hybridized carbons (Fsp3) is 0.0333. The summed E-state index contributed by atoms with van der Waals surface area (Å²) in [5.41, 5.74) is 4.78. The molecule has 14 heteroatoms. The van der Waals surface area contributed by atoms with Gasteiger partial charge in [-0.3, -0.25) is 14.7 Å². The van der Waals surface area contributed by atoms with Crippen molar-refractivity contribution in [2.75, 3.05) is 5.32 Å². The fourth-order valence-electron chi connectivity index (χ4n) is 4.26. The molecule has 7 rings (SSSR count). The molecule has 2 aromatic carbocycles. The van der Waals surface area contributed by atoms with E-state index in [1.807, 2.05) is 31.2 Å². The van der Waals surface area contributed by atoms with Gasteiger partial charge in [0.25, 0.3) is 5.56 Å². The van der Waals surface area contributed by atoms with Crippen molar-refractivity contribution in [3.05, 3.63) is 133 Å². The second-order valence-corrected chi connectivity index (χ2v) is 10.3. The number of aldehydes is 1. The molecule has 0 unspecified atom stereocenters. The number of hydrogen-bond donors (Lipinski definition) is 3. The third kappa shape index (κ3) is 6.26. The SMILES string of the molecule is Cc1[nH][nH]c(=O)c1C=c1cnn2ccc(=Nc3cccc(Cl)c3)nc12.O=Cc1cnn2ccc(Nc3cccc(Cl)c3)nc12. The average Bonchev–Trinajstić information content (AvgIpc) is 3.70. The van der Waals surface area contributed by atoms with Crippen LogP contribution < -0.4 is 21.6 Å². The van der Waals surface area contributed by atoms with Crippen molar-refractivity contribution in [3.63, 3.8) is 0 Å². The lowest BCUT2D eigenvalue weighted by molar-refractivity contribution is 0.112. The van der Waals surface area contributed by atoms with Gasteiger partial charge in [-0.15, -0.1) is 0 Å². The van der Waals surface area contributed by atoms with E-state index < -0.39 is 0 Å².